The molecule has 0 fully saturated rings. The number of benzene rings is 1. The molecular weight excluding hydrogens is 430 g/mol. The van der Waals surface area contributed by atoms with E-state index in [0.29, 0.717) is 0 Å². The molecule has 0 aliphatic heterocycles. The van der Waals surface area contributed by atoms with E-state index in [0.717, 1.165) is 16.9 Å². The van der Waals surface area contributed by atoms with Gasteiger partial charge in [-0.2, -0.15) is 0 Å². The zero-order chi connectivity index (χ0) is 22.1. The van der Waals surface area contributed by atoms with Crippen molar-refractivity contribution in [1.29, 1.82) is 0 Å². The molecule has 0 saturated carbocycles. The topological polar surface area (TPSA) is 130 Å². The third-order valence-electron chi connectivity index (χ3n) is 3.86. The minimum atomic E-state index is -1.16. The van der Waals surface area contributed by atoms with Crippen LogP contribution in [0.15, 0.2) is 35.3 Å². The van der Waals surface area contributed by atoms with Gasteiger partial charge in [-0.05, 0) is 24.7 Å². The summed E-state index contributed by atoms with van der Waals surface area (Å²) >= 11 is 6.37. The molecule has 0 radical (unpaired) electrons. The molecule has 0 aliphatic carbocycles. The van der Waals surface area contributed by atoms with Crippen LogP contribution in [0.5, 0.6) is 5.88 Å². The van der Waals surface area contributed by atoms with Gasteiger partial charge < -0.3 is 20.3 Å². The van der Waals surface area contributed by atoms with Gasteiger partial charge in [0.15, 0.2) is 3.95 Å². The number of carbonyl (C=O) groups is 3. The van der Waals surface area contributed by atoms with Crippen LogP contribution in [0.4, 0.5) is 0 Å². The highest BCUT2D eigenvalue weighted by Gasteiger charge is 2.27. The zero-order valence-electron chi connectivity index (χ0n) is 16.1. The van der Waals surface area contributed by atoms with E-state index in [-0.39, 0.29) is 34.3 Å². The smallest absolute Gasteiger partial charge is 0.329 e. The summed E-state index contributed by atoms with van der Waals surface area (Å²) in [5.74, 6) is -2.52. The van der Waals surface area contributed by atoms with Crippen molar-refractivity contribution in [3.8, 4) is 5.88 Å². The molecule has 0 spiro atoms. The molecule has 3 N–H and O–H groups in total. The number of aliphatic carboxylic acids is 1. The van der Waals surface area contributed by atoms with E-state index < -0.39 is 30.4 Å². The number of esters is 1. The maximum Gasteiger partial charge on any atom is 0.329 e. The third-order valence-corrected chi connectivity index (χ3v) is 5.19. The Morgan fingerprint density at radius 3 is 2.67 bits per heavy atom. The lowest BCUT2D eigenvalue weighted by Crippen LogP contribution is -2.30. The molecule has 1 amide bonds. The lowest BCUT2D eigenvalue weighted by Gasteiger charge is -2.18. The Balaban J connectivity index is 2.24. The van der Waals surface area contributed by atoms with Gasteiger partial charge in [0.2, 0.25) is 11.8 Å². The van der Waals surface area contributed by atoms with Crippen LogP contribution in [0.1, 0.15) is 23.4 Å². The first kappa shape index (κ1) is 23.2. The third kappa shape index (κ3) is 6.49. The average molecular weight is 452 g/mol. The molecule has 11 heteroatoms. The van der Waals surface area contributed by atoms with E-state index in [1.165, 1.54) is 10.8 Å². The Kier molecular flexibility index (Phi) is 8.69. The van der Waals surface area contributed by atoms with E-state index in [4.69, 9.17) is 22.1 Å². The Bertz CT molecular complexity index is 984. The summed E-state index contributed by atoms with van der Waals surface area (Å²) in [6.07, 6.45) is 1.53. The van der Waals surface area contributed by atoms with Crippen LogP contribution in [0.3, 0.4) is 0 Å². The number of ether oxygens (including phenoxy) is 1. The highest BCUT2D eigenvalue weighted by atomic mass is 32.1. The van der Waals surface area contributed by atoms with E-state index in [1.807, 2.05) is 30.3 Å². The Morgan fingerprint density at radius 1 is 1.33 bits per heavy atom. The first-order valence-electron chi connectivity index (χ1n) is 8.96. The molecular formula is C19H21N3O6S2. The van der Waals surface area contributed by atoms with Crippen LogP contribution in [-0.4, -0.2) is 58.5 Å². The second kappa shape index (κ2) is 11.2. The van der Waals surface area contributed by atoms with Crippen molar-refractivity contribution in [3.05, 3.63) is 44.7 Å². The van der Waals surface area contributed by atoms with E-state index in [1.54, 1.807) is 6.92 Å². The van der Waals surface area contributed by atoms with Gasteiger partial charge in [-0.15, -0.1) is 0 Å². The molecule has 1 heterocycles. The number of hydrogen-bond donors (Lipinski definition) is 3. The van der Waals surface area contributed by atoms with Gasteiger partial charge >= 0.3 is 11.9 Å². The van der Waals surface area contributed by atoms with E-state index in [2.05, 4.69) is 10.3 Å². The van der Waals surface area contributed by atoms with Crippen molar-refractivity contribution in [2.45, 2.75) is 19.4 Å². The molecule has 1 atom stereocenters. The molecule has 1 aromatic carbocycles. The largest absolute Gasteiger partial charge is 0.493 e. The standard InChI is InChI=1S/C19H21N3O6S2/c1-2-28-18(27)13(8-12-6-4-3-5-7-12)22-17(26)14(30-19(22)29)9-20-10-15(23)21-11-16(24)25/h3-7,9,13,26H,2,8,10-11H2,1H3,(H,21,23)(H,24,25). The highest BCUT2D eigenvalue weighted by Crippen LogP contribution is 2.30. The average Bonchev–Trinajstić information content (AvgIpc) is 2.99. The summed E-state index contributed by atoms with van der Waals surface area (Å²) in [6.45, 7) is 1.05. The van der Waals surface area contributed by atoms with Gasteiger partial charge in [0.05, 0.1) is 6.61 Å². The molecule has 0 aliphatic rings. The maximum atomic E-state index is 12.6. The number of thiazole rings is 1. The number of aromatic nitrogens is 1. The van der Waals surface area contributed by atoms with Gasteiger partial charge in [-0.1, -0.05) is 41.7 Å². The van der Waals surface area contributed by atoms with Crippen molar-refractivity contribution in [2.75, 3.05) is 19.7 Å². The number of rotatable bonds is 10. The summed E-state index contributed by atoms with van der Waals surface area (Å²) < 4.78 is 6.73. The summed E-state index contributed by atoms with van der Waals surface area (Å²) in [4.78, 5) is 38.7. The summed E-state index contributed by atoms with van der Waals surface area (Å²) in [5.41, 5.74) is 0.869. The molecule has 1 unspecified atom stereocenters. The van der Waals surface area contributed by atoms with Gasteiger partial charge in [0.1, 0.15) is 24.0 Å². The van der Waals surface area contributed by atoms with Gasteiger partial charge in [-0.3, -0.25) is 19.1 Å². The second-order valence-corrected chi connectivity index (χ2v) is 7.70. The van der Waals surface area contributed by atoms with Gasteiger partial charge in [0, 0.05) is 12.6 Å². The number of hydrogen-bond acceptors (Lipinski definition) is 8. The maximum absolute atomic E-state index is 12.6. The summed E-state index contributed by atoms with van der Waals surface area (Å²) in [5, 5.41) is 21.4. The SMILES string of the molecule is CCOC(=O)C(Cc1ccccc1)n1c(O)c(C=NCC(=O)NCC(=O)O)sc1=S. The van der Waals surface area contributed by atoms with Crippen LogP contribution < -0.4 is 5.32 Å². The number of carboxylic acids is 1. The molecule has 9 nitrogen and oxygen atoms in total. The second-order valence-electron chi connectivity index (χ2n) is 6.02. The Labute approximate surface area is 181 Å². The number of carbonyl (C=O) groups excluding carboxylic acids is 2. The molecule has 0 bridgehead atoms. The number of carboxylic acid groups (broad SMARTS) is 1. The van der Waals surface area contributed by atoms with Gasteiger partial charge in [-0.25, -0.2) is 4.79 Å². The number of aliphatic imine (C=N–C) groups is 1. The van der Waals surface area contributed by atoms with Crippen molar-refractivity contribution in [1.82, 2.24) is 9.88 Å². The number of nitrogens with zero attached hydrogens (tertiary/aromatic N) is 2. The monoisotopic (exact) mass is 451 g/mol. The molecule has 2 aromatic rings. The first-order chi connectivity index (χ1) is 14.3. The Morgan fingerprint density at radius 2 is 2.03 bits per heavy atom. The first-order valence-corrected chi connectivity index (χ1v) is 10.2. The molecule has 0 saturated heterocycles. The normalized spacial score (nSPS) is 11.9. The molecule has 1 aromatic heterocycles. The van der Waals surface area contributed by atoms with E-state index in [9.17, 15) is 19.5 Å². The number of aromatic hydroxyl groups is 1. The number of nitrogens with one attached hydrogen (secondary N) is 1. The lowest BCUT2D eigenvalue weighted by atomic mass is 10.1. The minimum Gasteiger partial charge on any atom is -0.493 e. The predicted molar refractivity (Wildman–Crippen MR) is 114 cm³/mol. The fourth-order valence-corrected chi connectivity index (χ4v) is 3.85. The highest BCUT2D eigenvalue weighted by molar-refractivity contribution is 7.73. The fraction of sp³-hybridized carbons (Fsp3) is 0.316. The minimum absolute atomic E-state index is 0.183. The summed E-state index contributed by atoms with van der Waals surface area (Å²) in [7, 11) is 0. The summed E-state index contributed by atoms with van der Waals surface area (Å²) in [6, 6.07) is 8.40. The zero-order valence-corrected chi connectivity index (χ0v) is 17.7. The van der Waals surface area contributed by atoms with Gasteiger partial charge in [0.25, 0.3) is 0 Å². The van der Waals surface area contributed by atoms with E-state index >= 15 is 0 Å². The quantitative estimate of drug-likeness (QED) is 0.286. The van der Waals surface area contributed by atoms with Crippen LogP contribution >= 0.6 is 23.6 Å². The van der Waals surface area contributed by atoms with Crippen molar-refractivity contribution < 1.29 is 29.3 Å². The van der Waals surface area contributed by atoms with Crippen LogP contribution in [0.2, 0.25) is 0 Å². The predicted octanol–water partition coefficient (Wildman–Crippen LogP) is 1.95. The van der Waals surface area contributed by atoms with Crippen molar-refractivity contribution >= 4 is 47.6 Å². The van der Waals surface area contributed by atoms with Crippen LogP contribution in [-0.2, 0) is 25.5 Å². The fourth-order valence-electron chi connectivity index (χ4n) is 2.55. The van der Waals surface area contributed by atoms with Crippen LogP contribution in [0.25, 0.3) is 0 Å². The Hall–Kier alpha value is -3.05. The van der Waals surface area contributed by atoms with Crippen molar-refractivity contribution in [2.24, 2.45) is 4.99 Å². The van der Waals surface area contributed by atoms with Crippen molar-refractivity contribution in [3.63, 3.8) is 0 Å². The molecule has 30 heavy (non-hydrogen) atoms. The van der Waals surface area contributed by atoms with Crippen LogP contribution in [0, 0.1) is 3.95 Å². The number of amides is 1. The lowest BCUT2D eigenvalue weighted by molar-refractivity contribution is -0.147. The molecule has 160 valence electrons. The molecule has 2 rings (SSSR count).